The van der Waals surface area contributed by atoms with Crippen LogP contribution < -0.4 is 4.72 Å². The van der Waals surface area contributed by atoms with E-state index in [4.69, 9.17) is 0 Å². The molecule has 0 spiro atoms. The Hall–Kier alpha value is -1.49. The van der Waals surface area contributed by atoms with E-state index in [9.17, 15) is 21.6 Å². The fraction of sp³-hybridized carbons (Fsp3) is 0.611. The molecule has 0 aliphatic carbocycles. The minimum Gasteiger partial charge on any atom is -0.339 e. The average molecular weight is 430 g/mol. The van der Waals surface area contributed by atoms with Crippen molar-refractivity contribution in [3.8, 4) is 0 Å². The Morgan fingerprint density at radius 3 is 2.39 bits per heavy atom. The van der Waals surface area contributed by atoms with E-state index in [2.05, 4.69) is 4.72 Å². The number of hydrogen-bond acceptors (Lipinski definition) is 6. The molecule has 2 unspecified atom stereocenters. The monoisotopic (exact) mass is 429 g/mol. The number of hydrogen-bond donors (Lipinski definition) is 1. The molecule has 8 nitrogen and oxygen atoms in total. The molecule has 0 bridgehead atoms. The van der Waals surface area contributed by atoms with E-state index in [1.165, 1.54) is 0 Å². The Balaban J connectivity index is 1.81. The molecule has 10 heteroatoms. The standard InChI is InChI=1S/C18H27N3O5S2/c1-27(23,24)19-16-8-5-9-21(14-16)18(22)17(15-6-3-2-4-7-15)20-10-12-28(25,26)13-11-20/h2-4,6-7,16-17,19H,5,8-14H2,1H3. The van der Waals surface area contributed by atoms with Gasteiger partial charge in [0, 0.05) is 32.2 Å². The Morgan fingerprint density at radius 1 is 1.14 bits per heavy atom. The summed E-state index contributed by atoms with van der Waals surface area (Å²) >= 11 is 0. The van der Waals surface area contributed by atoms with Crippen LogP contribution in [0.2, 0.25) is 0 Å². The molecule has 0 aromatic heterocycles. The largest absolute Gasteiger partial charge is 0.339 e. The van der Waals surface area contributed by atoms with Gasteiger partial charge in [-0.15, -0.1) is 0 Å². The summed E-state index contributed by atoms with van der Waals surface area (Å²) in [5.41, 5.74) is 0.824. The molecule has 0 radical (unpaired) electrons. The summed E-state index contributed by atoms with van der Waals surface area (Å²) in [6, 6.07) is 8.49. The molecule has 1 amide bonds. The van der Waals surface area contributed by atoms with Gasteiger partial charge in [0.05, 0.1) is 17.8 Å². The molecule has 28 heavy (non-hydrogen) atoms. The van der Waals surface area contributed by atoms with E-state index in [0.717, 1.165) is 18.2 Å². The summed E-state index contributed by atoms with van der Waals surface area (Å²) in [7, 11) is -6.40. The molecule has 1 N–H and O–H groups in total. The Kier molecular flexibility index (Phi) is 6.43. The number of nitrogens with zero attached hydrogens (tertiary/aromatic N) is 2. The van der Waals surface area contributed by atoms with Gasteiger partial charge in [-0.25, -0.2) is 21.6 Å². The molecule has 2 atom stereocenters. The number of carbonyl (C=O) groups excluding carboxylic acids is 1. The molecule has 2 fully saturated rings. The maximum atomic E-state index is 13.4. The first-order chi connectivity index (χ1) is 13.1. The first-order valence-corrected chi connectivity index (χ1v) is 13.1. The lowest BCUT2D eigenvalue weighted by Gasteiger charge is -2.39. The van der Waals surface area contributed by atoms with Crippen molar-refractivity contribution < 1.29 is 21.6 Å². The van der Waals surface area contributed by atoms with Gasteiger partial charge in [-0.2, -0.15) is 0 Å². The summed E-state index contributed by atoms with van der Waals surface area (Å²) in [4.78, 5) is 17.1. The summed E-state index contributed by atoms with van der Waals surface area (Å²) in [6.07, 6.45) is 2.53. The van der Waals surface area contributed by atoms with E-state index < -0.39 is 25.9 Å². The number of rotatable bonds is 5. The van der Waals surface area contributed by atoms with Crippen molar-refractivity contribution in [1.29, 1.82) is 0 Å². The topological polar surface area (TPSA) is 104 Å². The zero-order valence-corrected chi connectivity index (χ0v) is 17.6. The number of nitrogens with one attached hydrogen (secondary N) is 1. The third kappa shape index (κ3) is 5.53. The number of sulfonamides is 1. The number of sulfone groups is 1. The lowest BCUT2D eigenvalue weighted by atomic mass is 10.0. The van der Waals surface area contributed by atoms with Crippen LogP contribution in [-0.4, -0.2) is 82.5 Å². The van der Waals surface area contributed by atoms with Crippen LogP contribution in [0.15, 0.2) is 30.3 Å². The van der Waals surface area contributed by atoms with Gasteiger partial charge < -0.3 is 4.90 Å². The van der Waals surface area contributed by atoms with Crippen molar-refractivity contribution in [1.82, 2.24) is 14.5 Å². The van der Waals surface area contributed by atoms with Crippen molar-refractivity contribution in [2.75, 3.05) is 43.9 Å². The third-order valence-corrected chi connectivity index (χ3v) is 7.58. The number of likely N-dealkylation sites (tertiary alicyclic amines) is 1. The van der Waals surface area contributed by atoms with E-state index in [1.807, 2.05) is 35.2 Å². The summed E-state index contributed by atoms with van der Waals surface area (Å²) in [6.45, 7) is 1.51. The molecule has 156 valence electrons. The lowest BCUT2D eigenvalue weighted by molar-refractivity contribution is -0.138. The van der Waals surface area contributed by atoms with Crippen LogP contribution in [0.4, 0.5) is 0 Å². The highest BCUT2D eigenvalue weighted by atomic mass is 32.2. The molecule has 2 heterocycles. The molecule has 3 rings (SSSR count). The molecule has 2 aliphatic heterocycles. The normalized spacial score (nSPS) is 24.6. The van der Waals surface area contributed by atoms with E-state index in [1.54, 1.807) is 4.90 Å². The van der Waals surface area contributed by atoms with Crippen LogP contribution in [0.3, 0.4) is 0 Å². The van der Waals surface area contributed by atoms with Crippen molar-refractivity contribution >= 4 is 25.8 Å². The van der Waals surface area contributed by atoms with Gasteiger partial charge in [-0.05, 0) is 18.4 Å². The summed E-state index contributed by atoms with van der Waals surface area (Å²) in [5.74, 6) is -0.0190. The Morgan fingerprint density at radius 2 is 1.79 bits per heavy atom. The molecule has 0 saturated carbocycles. The predicted molar refractivity (Wildman–Crippen MR) is 107 cm³/mol. The van der Waals surface area contributed by atoms with Crippen LogP contribution >= 0.6 is 0 Å². The molecule has 1 aromatic carbocycles. The van der Waals surface area contributed by atoms with Crippen molar-refractivity contribution in [2.24, 2.45) is 0 Å². The minimum atomic E-state index is -3.34. The first kappa shape index (κ1) is 21.2. The van der Waals surface area contributed by atoms with Gasteiger partial charge in [-0.1, -0.05) is 30.3 Å². The maximum Gasteiger partial charge on any atom is 0.244 e. The molecule has 2 aliphatic rings. The average Bonchev–Trinajstić information content (AvgIpc) is 2.63. The van der Waals surface area contributed by atoms with E-state index in [0.29, 0.717) is 32.6 Å². The van der Waals surface area contributed by atoms with Crippen molar-refractivity contribution in [3.05, 3.63) is 35.9 Å². The highest BCUT2D eigenvalue weighted by molar-refractivity contribution is 7.91. The Labute approximate surface area is 166 Å². The minimum absolute atomic E-state index is 0.0435. The summed E-state index contributed by atoms with van der Waals surface area (Å²) < 4.78 is 49.3. The maximum absolute atomic E-state index is 13.4. The van der Waals surface area contributed by atoms with Crippen LogP contribution in [0.5, 0.6) is 0 Å². The second-order valence-corrected chi connectivity index (χ2v) is 11.6. The predicted octanol–water partition coefficient (Wildman–Crippen LogP) is -0.00170. The number of carbonyl (C=O) groups is 1. The molecule has 1 aromatic rings. The number of piperidine rings is 1. The van der Waals surface area contributed by atoms with E-state index >= 15 is 0 Å². The van der Waals surface area contributed by atoms with Gasteiger partial charge in [0.2, 0.25) is 15.9 Å². The lowest BCUT2D eigenvalue weighted by Crippen LogP contribution is -2.53. The van der Waals surface area contributed by atoms with E-state index in [-0.39, 0.29) is 23.5 Å². The third-order valence-electron chi connectivity index (χ3n) is 5.21. The molecule has 2 saturated heterocycles. The second-order valence-electron chi connectivity index (χ2n) is 7.51. The SMILES string of the molecule is CS(=O)(=O)NC1CCCN(C(=O)C(c2ccccc2)N2CCS(=O)(=O)CC2)C1. The number of benzene rings is 1. The molecular weight excluding hydrogens is 402 g/mol. The van der Waals surface area contributed by atoms with Gasteiger partial charge in [0.1, 0.15) is 6.04 Å². The van der Waals surface area contributed by atoms with Crippen LogP contribution in [-0.2, 0) is 24.7 Å². The summed E-state index contributed by atoms with van der Waals surface area (Å²) in [5, 5.41) is 0. The molecular formula is C18H27N3O5S2. The van der Waals surface area contributed by atoms with Crippen molar-refractivity contribution in [3.63, 3.8) is 0 Å². The van der Waals surface area contributed by atoms with Crippen LogP contribution in [0.25, 0.3) is 0 Å². The fourth-order valence-corrected chi connectivity index (χ4v) is 5.91. The smallest absolute Gasteiger partial charge is 0.244 e. The van der Waals surface area contributed by atoms with Crippen LogP contribution in [0.1, 0.15) is 24.4 Å². The first-order valence-electron chi connectivity index (χ1n) is 9.40. The van der Waals surface area contributed by atoms with Gasteiger partial charge in [-0.3, -0.25) is 9.69 Å². The van der Waals surface area contributed by atoms with Gasteiger partial charge in [0.25, 0.3) is 0 Å². The second kappa shape index (κ2) is 8.48. The van der Waals surface area contributed by atoms with Gasteiger partial charge >= 0.3 is 0 Å². The van der Waals surface area contributed by atoms with Crippen molar-refractivity contribution in [2.45, 2.75) is 24.9 Å². The van der Waals surface area contributed by atoms with Gasteiger partial charge in [0.15, 0.2) is 9.84 Å². The quantitative estimate of drug-likeness (QED) is 0.707. The fourth-order valence-electron chi connectivity index (χ4n) is 3.88. The zero-order valence-electron chi connectivity index (χ0n) is 16.0. The number of amides is 1. The Bertz CT molecular complexity index is 888. The van der Waals surface area contributed by atoms with Crippen LogP contribution in [0, 0.1) is 0 Å². The highest BCUT2D eigenvalue weighted by Gasteiger charge is 2.36. The zero-order chi connectivity index (χ0) is 20.4. The highest BCUT2D eigenvalue weighted by Crippen LogP contribution is 2.26.